The number of hydrogen-bond acceptors (Lipinski definition) is 8. The van der Waals surface area contributed by atoms with Gasteiger partial charge in [-0.3, -0.25) is 10.1 Å². The highest BCUT2D eigenvalue weighted by Gasteiger charge is 2.17. The van der Waals surface area contributed by atoms with E-state index in [1.807, 2.05) is 6.92 Å². The number of nitrogens with one attached hydrogen (secondary N) is 1. The summed E-state index contributed by atoms with van der Waals surface area (Å²) < 4.78 is 5.44. The van der Waals surface area contributed by atoms with Crippen LogP contribution >= 0.6 is 11.3 Å². The Labute approximate surface area is 123 Å². The highest BCUT2D eigenvalue weighted by Crippen LogP contribution is 2.32. The number of rotatable bonds is 5. The van der Waals surface area contributed by atoms with Crippen molar-refractivity contribution in [2.24, 2.45) is 0 Å². The second-order valence-corrected chi connectivity index (χ2v) is 5.59. The molecule has 108 valence electrons. The Morgan fingerprint density at radius 1 is 1.48 bits per heavy atom. The van der Waals surface area contributed by atoms with Crippen LogP contribution in [0.15, 0.2) is 23.0 Å². The standard InChI is InChI=1S/C12H11N5O3S/c1-7-15-9-4-8(10(17(18)19)5-11(9)21-7)13-3-2-12-14-6-20-16-12/h4-6,13H,2-3H2,1H3. The Hall–Kier alpha value is -2.55. The van der Waals surface area contributed by atoms with Crippen LogP contribution in [0.5, 0.6) is 0 Å². The predicted octanol–water partition coefficient (Wildman–Crippen LogP) is 2.55. The summed E-state index contributed by atoms with van der Waals surface area (Å²) in [7, 11) is 0. The Morgan fingerprint density at radius 2 is 2.33 bits per heavy atom. The largest absolute Gasteiger partial charge is 0.379 e. The number of nitrogens with zero attached hydrogens (tertiary/aromatic N) is 4. The van der Waals surface area contributed by atoms with E-state index in [9.17, 15) is 10.1 Å². The van der Waals surface area contributed by atoms with E-state index in [0.29, 0.717) is 24.5 Å². The van der Waals surface area contributed by atoms with Gasteiger partial charge < -0.3 is 9.84 Å². The number of aryl methyl sites for hydroxylation is 1. The maximum Gasteiger partial charge on any atom is 0.293 e. The highest BCUT2D eigenvalue weighted by atomic mass is 32.1. The van der Waals surface area contributed by atoms with E-state index in [4.69, 9.17) is 0 Å². The lowest BCUT2D eigenvalue weighted by Crippen LogP contribution is -2.07. The van der Waals surface area contributed by atoms with Crippen LogP contribution in [0.4, 0.5) is 11.4 Å². The first-order chi connectivity index (χ1) is 10.1. The SMILES string of the molecule is Cc1nc2cc(NCCc3ncon3)c([N+](=O)[O-])cc2s1. The van der Waals surface area contributed by atoms with Gasteiger partial charge in [0.05, 0.1) is 20.1 Å². The number of benzene rings is 1. The third kappa shape index (κ3) is 2.82. The molecule has 2 heterocycles. The Morgan fingerprint density at radius 3 is 3.05 bits per heavy atom. The molecule has 3 aromatic rings. The fourth-order valence-electron chi connectivity index (χ4n) is 1.98. The maximum absolute atomic E-state index is 11.2. The molecule has 0 spiro atoms. The number of nitro benzene ring substituents is 1. The molecule has 1 aromatic carbocycles. The molecule has 3 rings (SSSR count). The molecule has 0 aliphatic rings. The lowest BCUT2D eigenvalue weighted by Gasteiger charge is -2.05. The van der Waals surface area contributed by atoms with Crippen molar-refractivity contribution in [2.75, 3.05) is 11.9 Å². The third-order valence-corrected chi connectivity index (χ3v) is 3.81. The van der Waals surface area contributed by atoms with Gasteiger partial charge in [0.15, 0.2) is 5.82 Å². The highest BCUT2D eigenvalue weighted by molar-refractivity contribution is 7.18. The van der Waals surface area contributed by atoms with E-state index in [1.165, 1.54) is 17.7 Å². The molecule has 0 radical (unpaired) electrons. The first-order valence-electron chi connectivity index (χ1n) is 6.18. The average molecular weight is 305 g/mol. The Bertz CT molecular complexity index is 784. The van der Waals surface area contributed by atoms with Gasteiger partial charge in [0.1, 0.15) is 5.69 Å². The molecule has 0 fully saturated rings. The first kappa shape index (κ1) is 13.4. The molecule has 0 unspecified atom stereocenters. The normalized spacial score (nSPS) is 10.9. The van der Waals surface area contributed by atoms with Crippen molar-refractivity contribution in [3.63, 3.8) is 0 Å². The quantitative estimate of drug-likeness (QED) is 0.570. The van der Waals surface area contributed by atoms with E-state index < -0.39 is 4.92 Å². The van der Waals surface area contributed by atoms with Gasteiger partial charge in [-0.2, -0.15) is 4.98 Å². The lowest BCUT2D eigenvalue weighted by atomic mass is 10.2. The van der Waals surface area contributed by atoms with E-state index in [2.05, 4.69) is 25.0 Å². The van der Waals surface area contributed by atoms with Crippen molar-refractivity contribution in [1.29, 1.82) is 0 Å². The molecule has 1 N–H and O–H groups in total. The summed E-state index contributed by atoms with van der Waals surface area (Å²) in [4.78, 5) is 19.0. The Balaban J connectivity index is 1.84. The summed E-state index contributed by atoms with van der Waals surface area (Å²) in [5.74, 6) is 0.552. The van der Waals surface area contributed by atoms with Crippen LogP contribution in [0.3, 0.4) is 0 Å². The summed E-state index contributed by atoms with van der Waals surface area (Å²) in [6.07, 6.45) is 1.77. The van der Waals surface area contributed by atoms with E-state index >= 15 is 0 Å². The second-order valence-electron chi connectivity index (χ2n) is 4.35. The number of nitro groups is 1. The molecular formula is C12H11N5O3S. The van der Waals surface area contributed by atoms with Crippen LogP contribution in [-0.4, -0.2) is 26.6 Å². The number of fused-ring (bicyclic) bond motifs is 1. The predicted molar refractivity (Wildman–Crippen MR) is 77.5 cm³/mol. The molecule has 21 heavy (non-hydrogen) atoms. The molecular weight excluding hydrogens is 294 g/mol. The van der Waals surface area contributed by atoms with Crippen molar-refractivity contribution in [1.82, 2.24) is 15.1 Å². The number of aromatic nitrogens is 3. The van der Waals surface area contributed by atoms with Gasteiger partial charge in [-0.25, -0.2) is 4.98 Å². The number of hydrogen-bond donors (Lipinski definition) is 1. The van der Waals surface area contributed by atoms with Crippen molar-refractivity contribution >= 4 is 32.9 Å². The van der Waals surface area contributed by atoms with E-state index in [1.54, 1.807) is 12.1 Å². The smallest absolute Gasteiger partial charge is 0.293 e. The van der Waals surface area contributed by atoms with Crippen LogP contribution in [0.2, 0.25) is 0 Å². The minimum atomic E-state index is -0.398. The molecule has 0 bridgehead atoms. The van der Waals surface area contributed by atoms with Gasteiger partial charge in [-0.1, -0.05) is 5.16 Å². The third-order valence-electron chi connectivity index (χ3n) is 2.88. The van der Waals surface area contributed by atoms with Gasteiger partial charge in [-0.15, -0.1) is 11.3 Å². The minimum Gasteiger partial charge on any atom is -0.379 e. The molecule has 8 nitrogen and oxygen atoms in total. The maximum atomic E-state index is 11.2. The number of anilines is 1. The van der Waals surface area contributed by atoms with Crippen LogP contribution in [0.25, 0.3) is 10.2 Å². The summed E-state index contributed by atoms with van der Waals surface area (Å²) in [6, 6.07) is 3.25. The van der Waals surface area contributed by atoms with Crippen molar-refractivity contribution in [3.05, 3.63) is 39.5 Å². The van der Waals surface area contributed by atoms with E-state index in [0.717, 1.165) is 15.2 Å². The molecule has 0 aliphatic carbocycles. The topological polar surface area (TPSA) is 107 Å². The van der Waals surface area contributed by atoms with Crippen LogP contribution in [0.1, 0.15) is 10.8 Å². The lowest BCUT2D eigenvalue weighted by molar-refractivity contribution is -0.383. The average Bonchev–Trinajstić information content (AvgIpc) is 3.05. The molecule has 0 saturated heterocycles. The monoisotopic (exact) mass is 305 g/mol. The molecule has 0 aliphatic heterocycles. The second kappa shape index (κ2) is 5.44. The fraction of sp³-hybridized carbons (Fsp3) is 0.250. The first-order valence-corrected chi connectivity index (χ1v) is 7.00. The fourth-order valence-corrected chi connectivity index (χ4v) is 2.82. The van der Waals surface area contributed by atoms with Gasteiger partial charge >= 0.3 is 0 Å². The van der Waals surface area contributed by atoms with Crippen molar-refractivity contribution in [3.8, 4) is 0 Å². The minimum absolute atomic E-state index is 0.0410. The van der Waals surface area contributed by atoms with Crippen LogP contribution in [-0.2, 0) is 6.42 Å². The number of thiazole rings is 1. The summed E-state index contributed by atoms with van der Waals surface area (Å²) in [6.45, 7) is 2.34. The van der Waals surface area contributed by atoms with Gasteiger partial charge in [-0.05, 0) is 13.0 Å². The van der Waals surface area contributed by atoms with Gasteiger partial charge in [0.2, 0.25) is 6.39 Å². The van der Waals surface area contributed by atoms with Gasteiger partial charge in [0.25, 0.3) is 5.69 Å². The summed E-state index contributed by atoms with van der Waals surface area (Å²) in [5, 5.41) is 18.8. The van der Waals surface area contributed by atoms with Crippen LogP contribution in [0, 0.1) is 17.0 Å². The van der Waals surface area contributed by atoms with E-state index in [-0.39, 0.29) is 5.69 Å². The molecule has 9 heteroatoms. The summed E-state index contributed by atoms with van der Waals surface area (Å²) >= 11 is 1.44. The summed E-state index contributed by atoms with van der Waals surface area (Å²) in [5.41, 5.74) is 1.24. The molecule has 2 aromatic heterocycles. The Kier molecular flexibility index (Phi) is 3.48. The zero-order valence-corrected chi connectivity index (χ0v) is 11.9. The van der Waals surface area contributed by atoms with Gasteiger partial charge in [0, 0.05) is 19.0 Å². The molecule has 0 amide bonds. The zero-order valence-electron chi connectivity index (χ0n) is 11.1. The zero-order chi connectivity index (χ0) is 14.8. The molecule has 0 saturated carbocycles. The van der Waals surface area contributed by atoms with Crippen molar-refractivity contribution in [2.45, 2.75) is 13.3 Å². The van der Waals surface area contributed by atoms with Crippen molar-refractivity contribution < 1.29 is 9.45 Å². The molecule has 0 atom stereocenters. The van der Waals surface area contributed by atoms with Crippen LogP contribution < -0.4 is 5.32 Å².